The minimum Gasteiger partial charge on any atom is -0.379 e. The van der Waals surface area contributed by atoms with E-state index >= 15 is 0 Å². The van der Waals surface area contributed by atoms with Crippen molar-refractivity contribution in [3.63, 3.8) is 0 Å². The largest absolute Gasteiger partial charge is 0.379 e. The minimum atomic E-state index is -0.730. The van der Waals surface area contributed by atoms with Crippen LogP contribution in [0, 0.1) is 12.7 Å². The van der Waals surface area contributed by atoms with Gasteiger partial charge in [0, 0.05) is 32.5 Å². The van der Waals surface area contributed by atoms with Gasteiger partial charge in [-0.05, 0) is 24.6 Å². The van der Waals surface area contributed by atoms with Crippen molar-refractivity contribution in [2.45, 2.75) is 25.9 Å². The summed E-state index contributed by atoms with van der Waals surface area (Å²) in [6.45, 7) is 2.29. The van der Waals surface area contributed by atoms with Crippen molar-refractivity contribution in [2.75, 3.05) is 24.0 Å². The van der Waals surface area contributed by atoms with E-state index in [1.54, 1.807) is 38.0 Å². The van der Waals surface area contributed by atoms with Crippen molar-refractivity contribution in [2.24, 2.45) is 10.8 Å². The first-order valence-corrected chi connectivity index (χ1v) is 9.96. The quantitative estimate of drug-likeness (QED) is 0.576. The van der Waals surface area contributed by atoms with Crippen molar-refractivity contribution in [3.8, 4) is 5.69 Å². The van der Waals surface area contributed by atoms with Gasteiger partial charge in [0.15, 0.2) is 0 Å². The van der Waals surface area contributed by atoms with Crippen LogP contribution >= 0.6 is 0 Å². The number of rotatable bonds is 7. The Hall–Kier alpha value is -3.70. The second-order valence-electron chi connectivity index (χ2n) is 7.24. The molecule has 10 nitrogen and oxygen atoms in total. The molecule has 32 heavy (non-hydrogen) atoms. The standard InChI is InChI=1S/C21H23FN8O2/c1-13-24-5-6-29(13)17-10-25-21(26-11-17)27-20(31)19-8-16(12-32-2)28-30(19)18-7-15(22)4-3-14(18)9-23/h3-7,10-11,19H,8-9,12,23H2,1-2H3,(H,25,26,27,31). The highest BCUT2D eigenvalue weighted by Crippen LogP contribution is 2.29. The number of carbonyl (C=O) groups is 1. The van der Waals surface area contributed by atoms with Crippen LogP contribution in [0.15, 0.2) is 48.1 Å². The van der Waals surface area contributed by atoms with Crippen LogP contribution in [0.4, 0.5) is 16.0 Å². The predicted molar refractivity (Wildman–Crippen MR) is 117 cm³/mol. The number of anilines is 2. The summed E-state index contributed by atoms with van der Waals surface area (Å²) in [5.41, 5.74) is 8.31. The lowest BCUT2D eigenvalue weighted by atomic mass is 10.1. The van der Waals surface area contributed by atoms with E-state index in [-0.39, 0.29) is 25.0 Å². The van der Waals surface area contributed by atoms with Gasteiger partial charge in [-0.1, -0.05) is 6.07 Å². The molecule has 4 rings (SSSR count). The number of halogens is 1. The number of nitrogens with one attached hydrogen (secondary N) is 1. The summed E-state index contributed by atoms with van der Waals surface area (Å²) < 4.78 is 21.0. The second kappa shape index (κ2) is 9.20. The third kappa shape index (κ3) is 4.34. The molecule has 11 heteroatoms. The number of hydrazone groups is 1. The Morgan fingerprint density at radius 3 is 2.75 bits per heavy atom. The van der Waals surface area contributed by atoms with E-state index in [1.807, 2.05) is 11.5 Å². The van der Waals surface area contributed by atoms with E-state index < -0.39 is 11.9 Å². The molecular formula is C21H23FN8O2. The summed E-state index contributed by atoms with van der Waals surface area (Å²) in [6.07, 6.45) is 6.97. The Balaban J connectivity index is 1.56. The first kappa shape index (κ1) is 21.5. The van der Waals surface area contributed by atoms with E-state index in [9.17, 15) is 9.18 Å². The first-order chi connectivity index (χ1) is 15.5. The van der Waals surface area contributed by atoms with Crippen LogP contribution in [-0.2, 0) is 16.1 Å². The fourth-order valence-corrected chi connectivity index (χ4v) is 3.53. The van der Waals surface area contributed by atoms with E-state index in [4.69, 9.17) is 10.5 Å². The SMILES string of the molecule is COCC1=NN(c2cc(F)ccc2CN)C(C(=O)Nc2ncc(-n3ccnc3C)cn2)C1. The molecule has 0 radical (unpaired) electrons. The molecule has 0 saturated heterocycles. The molecule has 2 aromatic heterocycles. The van der Waals surface area contributed by atoms with Gasteiger partial charge in [0.05, 0.1) is 36.1 Å². The van der Waals surface area contributed by atoms with Gasteiger partial charge in [-0.3, -0.25) is 15.1 Å². The molecule has 1 unspecified atom stereocenters. The highest BCUT2D eigenvalue weighted by Gasteiger charge is 2.35. The third-order valence-corrected chi connectivity index (χ3v) is 5.08. The van der Waals surface area contributed by atoms with Crippen molar-refractivity contribution >= 4 is 23.3 Å². The Morgan fingerprint density at radius 2 is 2.09 bits per heavy atom. The zero-order chi connectivity index (χ0) is 22.7. The van der Waals surface area contributed by atoms with Crippen molar-refractivity contribution in [1.82, 2.24) is 19.5 Å². The average Bonchev–Trinajstić information content (AvgIpc) is 3.41. The number of benzene rings is 1. The van der Waals surface area contributed by atoms with Crippen molar-refractivity contribution < 1.29 is 13.9 Å². The minimum absolute atomic E-state index is 0.148. The summed E-state index contributed by atoms with van der Waals surface area (Å²) in [5, 5.41) is 8.69. The van der Waals surface area contributed by atoms with Gasteiger partial charge in [-0.2, -0.15) is 5.10 Å². The van der Waals surface area contributed by atoms with Crippen LogP contribution in [0.2, 0.25) is 0 Å². The summed E-state index contributed by atoms with van der Waals surface area (Å²) in [4.78, 5) is 25.8. The molecule has 3 heterocycles. The molecule has 1 aromatic carbocycles. The maximum Gasteiger partial charge on any atom is 0.252 e. The van der Waals surface area contributed by atoms with Crippen LogP contribution in [-0.4, -0.2) is 50.9 Å². The number of ether oxygens (including phenoxy) is 1. The molecule has 1 atom stereocenters. The topological polar surface area (TPSA) is 124 Å². The fourth-order valence-electron chi connectivity index (χ4n) is 3.53. The lowest BCUT2D eigenvalue weighted by Gasteiger charge is -2.24. The number of imidazole rings is 1. The van der Waals surface area contributed by atoms with Crippen LogP contribution in [0.1, 0.15) is 17.8 Å². The average molecular weight is 438 g/mol. The zero-order valence-corrected chi connectivity index (χ0v) is 17.7. The number of aryl methyl sites for hydroxylation is 1. The molecule has 166 valence electrons. The molecule has 1 aliphatic rings. The molecule has 0 saturated carbocycles. The maximum atomic E-state index is 14.0. The molecule has 3 N–H and O–H groups in total. The van der Waals surface area contributed by atoms with Gasteiger partial charge < -0.3 is 15.0 Å². The number of hydrogen-bond donors (Lipinski definition) is 2. The van der Waals surface area contributed by atoms with Gasteiger partial charge >= 0.3 is 0 Å². The molecule has 0 fully saturated rings. The molecular weight excluding hydrogens is 415 g/mol. The van der Waals surface area contributed by atoms with Gasteiger partial charge in [0.1, 0.15) is 17.7 Å². The van der Waals surface area contributed by atoms with Crippen LogP contribution in [0.3, 0.4) is 0 Å². The molecule has 1 aliphatic heterocycles. The zero-order valence-electron chi connectivity index (χ0n) is 17.7. The second-order valence-corrected chi connectivity index (χ2v) is 7.24. The lowest BCUT2D eigenvalue weighted by Crippen LogP contribution is -2.39. The molecule has 0 spiro atoms. The first-order valence-electron chi connectivity index (χ1n) is 9.96. The van der Waals surface area contributed by atoms with Gasteiger partial charge in [0.25, 0.3) is 5.91 Å². The highest BCUT2D eigenvalue weighted by molar-refractivity contribution is 6.03. The van der Waals surface area contributed by atoms with Crippen LogP contribution < -0.4 is 16.1 Å². The number of nitrogens with zero attached hydrogens (tertiary/aromatic N) is 6. The van der Waals surface area contributed by atoms with Gasteiger partial charge in [-0.15, -0.1) is 0 Å². The summed E-state index contributed by atoms with van der Waals surface area (Å²) in [5.74, 6) is 0.120. The predicted octanol–water partition coefficient (Wildman–Crippen LogP) is 1.79. The highest BCUT2D eigenvalue weighted by atomic mass is 19.1. The molecule has 3 aromatic rings. The monoisotopic (exact) mass is 438 g/mol. The fraction of sp³-hybridized carbons (Fsp3) is 0.286. The number of amides is 1. The number of carbonyl (C=O) groups excluding carboxylic acids is 1. The van der Waals surface area contributed by atoms with Crippen molar-refractivity contribution in [1.29, 1.82) is 0 Å². The molecule has 1 amide bonds. The van der Waals surface area contributed by atoms with E-state index in [2.05, 4.69) is 25.4 Å². The number of aromatic nitrogens is 4. The Bertz CT molecular complexity index is 1140. The summed E-state index contributed by atoms with van der Waals surface area (Å²) >= 11 is 0. The Labute approximate surface area is 183 Å². The van der Waals surface area contributed by atoms with Crippen molar-refractivity contribution in [3.05, 3.63) is 60.2 Å². The number of nitrogens with two attached hydrogens (primary N) is 1. The van der Waals surface area contributed by atoms with Crippen LogP contribution in [0.25, 0.3) is 5.69 Å². The van der Waals surface area contributed by atoms with E-state index in [0.717, 1.165) is 11.5 Å². The van der Waals surface area contributed by atoms with Gasteiger partial charge in [0.2, 0.25) is 5.95 Å². The number of hydrogen-bond acceptors (Lipinski definition) is 8. The molecule has 0 aliphatic carbocycles. The summed E-state index contributed by atoms with van der Waals surface area (Å²) in [7, 11) is 1.55. The Kier molecular flexibility index (Phi) is 6.19. The lowest BCUT2D eigenvalue weighted by molar-refractivity contribution is -0.117. The number of methoxy groups -OCH3 is 1. The van der Waals surface area contributed by atoms with Gasteiger partial charge in [-0.25, -0.2) is 19.3 Å². The third-order valence-electron chi connectivity index (χ3n) is 5.08. The smallest absolute Gasteiger partial charge is 0.252 e. The van der Waals surface area contributed by atoms with E-state index in [1.165, 1.54) is 17.1 Å². The maximum absolute atomic E-state index is 14.0. The summed E-state index contributed by atoms with van der Waals surface area (Å²) in [6, 6.07) is 3.50. The molecule has 0 bridgehead atoms. The normalized spacial score (nSPS) is 15.7. The van der Waals surface area contributed by atoms with E-state index in [0.29, 0.717) is 23.4 Å². The van der Waals surface area contributed by atoms with Crippen LogP contribution in [0.5, 0.6) is 0 Å². The Morgan fingerprint density at radius 1 is 1.31 bits per heavy atom.